The summed E-state index contributed by atoms with van der Waals surface area (Å²) in [6.07, 6.45) is 19.1. The molecule has 0 saturated carbocycles. The standard InChI is InChI=1S/C14H16.C2H6/c1-12-5-2-7-13-9-4-10-14(11-13)8-3-6-12;1-2/h2,4-5,7-9,11H,3,6,10H2,1H3;1-2H3/b7-2-,12-5+,14-8-;. The quantitative estimate of drug-likeness (QED) is 0.525. The molecule has 0 radical (unpaired) electrons. The first-order chi connectivity index (χ1) is 7.84. The minimum atomic E-state index is 1.10. The molecule has 0 spiro atoms. The van der Waals surface area contributed by atoms with Crippen molar-refractivity contribution in [3.8, 4) is 0 Å². The van der Waals surface area contributed by atoms with E-state index in [-0.39, 0.29) is 0 Å². The Morgan fingerprint density at radius 1 is 1.12 bits per heavy atom. The smallest absolute Gasteiger partial charge is 0.00971 e. The van der Waals surface area contributed by atoms with Gasteiger partial charge in [-0.05, 0) is 37.3 Å². The number of fused-ring (bicyclic) bond motifs is 1. The maximum atomic E-state index is 2.36. The number of hydrogen-bond acceptors (Lipinski definition) is 0. The molecule has 0 nitrogen and oxygen atoms in total. The molecular formula is C16H22. The Kier molecular flexibility index (Phi) is 5.63. The van der Waals surface area contributed by atoms with Crippen LogP contribution in [0.5, 0.6) is 0 Å². The molecule has 2 aliphatic carbocycles. The minimum absolute atomic E-state index is 1.10. The zero-order chi connectivity index (χ0) is 11.8. The number of rotatable bonds is 0. The summed E-state index contributed by atoms with van der Waals surface area (Å²) in [5.74, 6) is 0. The van der Waals surface area contributed by atoms with Gasteiger partial charge >= 0.3 is 0 Å². The van der Waals surface area contributed by atoms with Crippen molar-refractivity contribution in [2.24, 2.45) is 0 Å². The summed E-state index contributed by atoms with van der Waals surface area (Å²) < 4.78 is 0. The van der Waals surface area contributed by atoms with Crippen LogP contribution in [-0.2, 0) is 0 Å². The van der Waals surface area contributed by atoms with Crippen LogP contribution in [0.15, 0.2) is 59.3 Å². The molecule has 0 heterocycles. The largest absolute Gasteiger partial charge is 0.0807 e. The van der Waals surface area contributed by atoms with Crippen LogP contribution < -0.4 is 0 Å². The Morgan fingerprint density at radius 3 is 2.75 bits per heavy atom. The minimum Gasteiger partial charge on any atom is -0.0807 e. The normalized spacial score (nSPS) is 27.3. The summed E-state index contributed by atoms with van der Waals surface area (Å²) >= 11 is 0. The van der Waals surface area contributed by atoms with Crippen LogP contribution >= 0.6 is 0 Å². The average Bonchev–Trinajstić information content (AvgIpc) is 2.32. The van der Waals surface area contributed by atoms with Crippen LogP contribution in [-0.4, -0.2) is 0 Å². The fraction of sp³-hybridized carbons (Fsp3) is 0.375. The van der Waals surface area contributed by atoms with E-state index >= 15 is 0 Å². The third kappa shape index (κ3) is 4.06. The van der Waals surface area contributed by atoms with Gasteiger partial charge in [-0.3, -0.25) is 0 Å². The maximum absolute atomic E-state index is 2.36. The molecular weight excluding hydrogens is 192 g/mol. The molecule has 0 aliphatic heterocycles. The Morgan fingerprint density at radius 2 is 1.94 bits per heavy atom. The van der Waals surface area contributed by atoms with E-state index in [1.807, 2.05) is 13.8 Å². The van der Waals surface area contributed by atoms with Gasteiger partial charge in [0.1, 0.15) is 0 Å². The predicted molar refractivity (Wildman–Crippen MR) is 73.4 cm³/mol. The highest BCUT2D eigenvalue weighted by Gasteiger charge is 1.99. The van der Waals surface area contributed by atoms with Crippen molar-refractivity contribution >= 4 is 0 Å². The second-order valence-electron chi connectivity index (χ2n) is 3.94. The zero-order valence-electron chi connectivity index (χ0n) is 10.7. The average molecular weight is 214 g/mol. The van der Waals surface area contributed by atoms with E-state index in [0.29, 0.717) is 0 Å². The van der Waals surface area contributed by atoms with E-state index in [1.54, 1.807) is 0 Å². The van der Waals surface area contributed by atoms with Gasteiger partial charge in [0.05, 0.1) is 0 Å². The monoisotopic (exact) mass is 214 g/mol. The van der Waals surface area contributed by atoms with Gasteiger partial charge in [-0.1, -0.05) is 62.0 Å². The lowest BCUT2D eigenvalue weighted by Crippen LogP contribution is -1.88. The zero-order valence-corrected chi connectivity index (χ0v) is 10.7. The highest BCUT2D eigenvalue weighted by molar-refractivity contribution is 5.43. The Bertz CT molecular complexity index is 359. The third-order valence-corrected chi connectivity index (χ3v) is 2.63. The molecule has 0 aromatic carbocycles. The van der Waals surface area contributed by atoms with Gasteiger partial charge in [0.15, 0.2) is 0 Å². The second kappa shape index (κ2) is 7.05. The molecule has 0 fully saturated rings. The summed E-state index contributed by atoms with van der Waals surface area (Å²) in [5, 5.41) is 0. The number of allylic oxidation sites excluding steroid dienone is 10. The van der Waals surface area contributed by atoms with Crippen molar-refractivity contribution < 1.29 is 0 Å². The van der Waals surface area contributed by atoms with Gasteiger partial charge in [0.2, 0.25) is 0 Å². The highest BCUT2D eigenvalue weighted by atomic mass is 14.1. The van der Waals surface area contributed by atoms with Crippen LogP contribution in [0.1, 0.15) is 40.0 Å². The van der Waals surface area contributed by atoms with Crippen molar-refractivity contribution in [2.45, 2.75) is 40.0 Å². The van der Waals surface area contributed by atoms with Crippen LogP contribution in [0, 0.1) is 0 Å². The first kappa shape index (κ1) is 12.8. The Hall–Kier alpha value is -1.30. The predicted octanol–water partition coefficient (Wildman–Crippen LogP) is 5.12. The van der Waals surface area contributed by atoms with Crippen LogP contribution in [0.3, 0.4) is 0 Å². The van der Waals surface area contributed by atoms with E-state index in [9.17, 15) is 0 Å². The SMILES string of the molecule is C/C1=C\C=C/C2=CC(=C\CC1)/CC=C2.CC. The Balaban J connectivity index is 0.000000606. The van der Waals surface area contributed by atoms with Gasteiger partial charge in [-0.15, -0.1) is 0 Å². The van der Waals surface area contributed by atoms with E-state index in [1.165, 1.54) is 29.6 Å². The summed E-state index contributed by atoms with van der Waals surface area (Å²) in [7, 11) is 0. The summed E-state index contributed by atoms with van der Waals surface area (Å²) in [4.78, 5) is 0. The van der Waals surface area contributed by atoms with Crippen molar-refractivity contribution in [1.29, 1.82) is 0 Å². The van der Waals surface area contributed by atoms with Crippen LogP contribution in [0.4, 0.5) is 0 Å². The lowest BCUT2D eigenvalue weighted by Gasteiger charge is -2.08. The maximum Gasteiger partial charge on any atom is -0.00971 e. The molecule has 2 rings (SSSR count). The molecule has 2 bridgehead atoms. The second-order valence-corrected chi connectivity index (χ2v) is 3.94. The van der Waals surface area contributed by atoms with E-state index in [0.717, 1.165) is 6.42 Å². The van der Waals surface area contributed by atoms with Gasteiger partial charge in [-0.2, -0.15) is 0 Å². The molecule has 0 aromatic heterocycles. The van der Waals surface area contributed by atoms with Gasteiger partial charge < -0.3 is 0 Å². The van der Waals surface area contributed by atoms with Crippen molar-refractivity contribution in [3.05, 3.63) is 59.3 Å². The summed E-state index contributed by atoms with van der Waals surface area (Å²) in [6.45, 7) is 6.20. The molecule has 0 amide bonds. The molecule has 2 aliphatic rings. The number of hydrogen-bond donors (Lipinski definition) is 0. The first-order valence-corrected chi connectivity index (χ1v) is 6.26. The summed E-state index contributed by atoms with van der Waals surface area (Å²) in [6, 6.07) is 0. The fourth-order valence-corrected chi connectivity index (χ4v) is 1.79. The third-order valence-electron chi connectivity index (χ3n) is 2.63. The molecule has 0 saturated heterocycles. The first-order valence-electron chi connectivity index (χ1n) is 6.26. The van der Waals surface area contributed by atoms with Crippen molar-refractivity contribution in [1.82, 2.24) is 0 Å². The van der Waals surface area contributed by atoms with Crippen molar-refractivity contribution in [2.75, 3.05) is 0 Å². The lowest BCUT2D eigenvalue weighted by atomic mass is 9.98. The fourth-order valence-electron chi connectivity index (χ4n) is 1.79. The van der Waals surface area contributed by atoms with Gasteiger partial charge in [0, 0.05) is 0 Å². The van der Waals surface area contributed by atoms with E-state index in [2.05, 4.69) is 49.5 Å². The van der Waals surface area contributed by atoms with Crippen molar-refractivity contribution in [3.63, 3.8) is 0 Å². The van der Waals surface area contributed by atoms with Crippen LogP contribution in [0.25, 0.3) is 0 Å². The van der Waals surface area contributed by atoms with E-state index in [4.69, 9.17) is 0 Å². The Labute approximate surface area is 99.8 Å². The molecule has 0 aromatic rings. The molecule has 0 atom stereocenters. The molecule has 0 N–H and O–H groups in total. The topological polar surface area (TPSA) is 0 Å². The molecule has 0 heteroatoms. The molecule has 0 unspecified atom stereocenters. The van der Waals surface area contributed by atoms with Gasteiger partial charge in [-0.25, -0.2) is 0 Å². The van der Waals surface area contributed by atoms with Crippen LogP contribution in [0.2, 0.25) is 0 Å². The highest BCUT2D eigenvalue weighted by Crippen LogP contribution is 2.19. The molecule has 16 heavy (non-hydrogen) atoms. The van der Waals surface area contributed by atoms with Gasteiger partial charge in [0.25, 0.3) is 0 Å². The van der Waals surface area contributed by atoms with E-state index < -0.39 is 0 Å². The molecule has 86 valence electrons. The lowest BCUT2D eigenvalue weighted by molar-refractivity contribution is 0.964. The summed E-state index contributed by atoms with van der Waals surface area (Å²) in [5.41, 5.74) is 4.23.